The first-order valence-corrected chi connectivity index (χ1v) is 10.0. The summed E-state index contributed by atoms with van der Waals surface area (Å²) in [5.41, 5.74) is 2.23. The van der Waals surface area contributed by atoms with E-state index in [4.69, 9.17) is 16.3 Å². The minimum Gasteiger partial charge on any atom is -0.497 e. The van der Waals surface area contributed by atoms with Gasteiger partial charge in [-0.25, -0.2) is 4.39 Å². The van der Waals surface area contributed by atoms with Gasteiger partial charge in [-0.2, -0.15) is 0 Å². The second kappa shape index (κ2) is 12.3. The molecule has 0 aromatic heterocycles. The SMILES string of the molecule is CNc1ccc(Cl)cc1.COc1ccc(C2CN(CCF)CCC2NC=O)cc1. The normalized spacial score (nSPS) is 18.9. The van der Waals surface area contributed by atoms with Crippen LogP contribution in [0.4, 0.5) is 10.1 Å². The average Bonchev–Trinajstić information content (AvgIpc) is 2.76. The van der Waals surface area contributed by atoms with Crippen LogP contribution in [-0.2, 0) is 4.79 Å². The summed E-state index contributed by atoms with van der Waals surface area (Å²) in [5, 5.41) is 6.66. The first kappa shape index (κ1) is 23.0. The van der Waals surface area contributed by atoms with E-state index in [2.05, 4.69) is 15.5 Å². The molecule has 2 atom stereocenters. The number of halogens is 2. The molecule has 158 valence electrons. The summed E-state index contributed by atoms with van der Waals surface area (Å²) in [6, 6.07) is 15.6. The highest BCUT2D eigenvalue weighted by molar-refractivity contribution is 6.30. The Hall–Kier alpha value is -2.31. The molecule has 2 aromatic rings. The molecule has 1 saturated heterocycles. The van der Waals surface area contributed by atoms with E-state index in [1.54, 1.807) is 7.11 Å². The van der Waals surface area contributed by atoms with Crippen LogP contribution in [-0.4, -0.2) is 57.8 Å². The van der Waals surface area contributed by atoms with E-state index in [0.29, 0.717) is 6.54 Å². The number of ether oxygens (including phenoxy) is 1. The van der Waals surface area contributed by atoms with Crippen LogP contribution in [0.15, 0.2) is 48.5 Å². The van der Waals surface area contributed by atoms with Gasteiger partial charge in [0.1, 0.15) is 12.4 Å². The van der Waals surface area contributed by atoms with Crippen molar-refractivity contribution in [3.05, 3.63) is 59.1 Å². The van der Waals surface area contributed by atoms with Gasteiger partial charge in [0.15, 0.2) is 0 Å². The van der Waals surface area contributed by atoms with E-state index in [1.165, 1.54) is 0 Å². The summed E-state index contributed by atoms with van der Waals surface area (Å²) in [5.74, 6) is 0.997. The molecule has 5 nitrogen and oxygen atoms in total. The molecule has 3 rings (SSSR count). The molecule has 2 aromatic carbocycles. The molecule has 2 N–H and O–H groups in total. The number of rotatable bonds is 7. The van der Waals surface area contributed by atoms with Crippen molar-refractivity contribution in [3.8, 4) is 5.75 Å². The number of anilines is 1. The lowest BCUT2D eigenvalue weighted by molar-refractivity contribution is -0.110. The number of alkyl halides is 1. The van der Waals surface area contributed by atoms with Gasteiger partial charge in [-0.05, 0) is 48.4 Å². The number of methoxy groups -OCH3 is 1. The summed E-state index contributed by atoms with van der Waals surface area (Å²) in [7, 11) is 3.51. The zero-order valence-corrected chi connectivity index (χ0v) is 17.7. The second-order valence-electron chi connectivity index (χ2n) is 6.81. The van der Waals surface area contributed by atoms with Crippen LogP contribution in [0.25, 0.3) is 0 Å². The largest absolute Gasteiger partial charge is 0.497 e. The van der Waals surface area contributed by atoms with Crippen molar-refractivity contribution >= 4 is 23.7 Å². The van der Waals surface area contributed by atoms with Crippen LogP contribution in [0.1, 0.15) is 17.9 Å². The minimum atomic E-state index is -0.332. The Labute approximate surface area is 177 Å². The third kappa shape index (κ3) is 7.22. The topological polar surface area (TPSA) is 53.6 Å². The van der Waals surface area contributed by atoms with Gasteiger partial charge in [0.05, 0.1) is 7.11 Å². The molecular weight excluding hydrogens is 393 g/mol. The summed E-state index contributed by atoms with van der Waals surface area (Å²) in [4.78, 5) is 12.9. The maximum Gasteiger partial charge on any atom is 0.207 e. The highest BCUT2D eigenvalue weighted by Gasteiger charge is 2.29. The Morgan fingerprint density at radius 2 is 1.90 bits per heavy atom. The van der Waals surface area contributed by atoms with Crippen molar-refractivity contribution in [1.82, 2.24) is 10.2 Å². The smallest absolute Gasteiger partial charge is 0.207 e. The minimum absolute atomic E-state index is 0.108. The Kier molecular flexibility index (Phi) is 9.74. The maximum atomic E-state index is 12.5. The molecule has 1 aliphatic heterocycles. The van der Waals surface area contributed by atoms with Gasteiger partial charge >= 0.3 is 0 Å². The number of carbonyl (C=O) groups is 1. The number of hydrogen-bond acceptors (Lipinski definition) is 4. The van der Waals surface area contributed by atoms with Crippen LogP contribution in [0.5, 0.6) is 5.75 Å². The van der Waals surface area contributed by atoms with Crippen molar-refractivity contribution in [2.75, 3.05) is 45.8 Å². The Morgan fingerprint density at radius 1 is 1.21 bits per heavy atom. The van der Waals surface area contributed by atoms with E-state index in [-0.39, 0.29) is 18.6 Å². The number of amides is 1. The Morgan fingerprint density at radius 3 is 2.45 bits per heavy atom. The molecule has 0 saturated carbocycles. The summed E-state index contributed by atoms with van der Waals surface area (Å²) in [6.07, 6.45) is 1.60. The van der Waals surface area contributed by atoms with Crippen LogP contribution >= 0.6 is 11.6 Å². The molecule has 0 bridgehead atoms. The predicted molar refractivity (Wildman–Crippen MR) is 117 cm³/mol. The van der Waals surface area contributed by atoms with Crippen LogP contribution in [0.3, 0.4) is 0 Å². The molecule has 7 heteroatoms. The molecule has 1 amide bonds. The molecule has 1 aliphatic rings. The van der Waals surface area contributed by atoms with Gasteiger partial charge in [-0.1, -0.05) is 23.7 Å². The van der Waals surface area contributed by atoms with Gasteiger partial charge in [-0.3, -0.25) is 9.69 Å². The summed E-state index contributed by atoms with van der Waals surface area (Å²) < 4.78 is 17.7. The third-order valence-electron chi connectivity index (χ3n) is 5.06. The van der Waals surface area contributed by atoms with E-state index in [9.17, 15) is 9.18 Å². The molecule has 1 fully saturated rings. The number of nitrogens with zero attached hydrogens (tertiary/aromatic N) is 1. The predicted octanol–water partition coefficient (Wildman–Crippen LogP) is 3.95. The zero-order chi connectivity index (χ0) is 21.1. The van der Waals surface area contributed by atoms with E-state index >= 15 is 0 Å². The fraction of sp³-hybridized carbons (Fsp3) is 0.409. The fourth-order valence-electron chi connectivity index (χ4n) is 3.43. The average molecular weight is 422 g/mol. The number of piperidine rings is 1. The van der Waals surface area contributed by atoms with E-state index in [1.807, 2.05) is 55.6 Å². The highest BCUT2D eigenvalue weighted by Crippen LogP contribution is 2.28. The number of likely N-dealkylation sites (tertiary alicyclic amines) is 1. The quantitative estimate of drug-likeness (QED) is 0.664. The van der Waals surface area contributed by atoms with E-state index in [0.717, 1.165) is 47.9 Å². The van der Waals surface area contributed by atoms with Gasteiger partial charge in [0.25, 0.3) is 0 Å². The number of hydrogen-bond donors (Lipinski definition) is 2. The first-order valence-electron chi connectivity index (χ1n) is 9.66. The van der Waals surface area contributed by atoms with E-state index < -0.39 is 0 Å². The molecule has 0 spiro atoms. The van der Waals surface area contributed by atoms with Crippen molar-refractivity contribution in [1.29, 1.82) is 0 Å². The Balaban J connectivity index is 0.000000278. The summed E-state index contributed by atoms with van der Waals surface area (Å²) >= 11 is 5.64. The summed E-state index contributed by atoms with van der Waals surface area (Å²) in [6.45, 7) is 1.71. The lowest BCUT2D eigenvalue weighted by atomic mass is 9.86. The monoisotopic (exact) mass is 421 g/mol. The molecule has 0 aliphatic carbocycles. The zero-order valence-electron chi connectivity index (χ0n) is 16.9. The van der Waals surface area contributed by atoms with Crippen molar-refractivity contribution < 1.29 is 13.9 Å². The second-order valence-corrected chi connectivity index (χ2v) is 7.24. The first-order chi connectivity index (χ1) is 14.1. The molecule has 1 heterocycles. The number of benzene rings is 2. The van der Waals surface area contributed by atoms with Crippen molar-refractivity contribution in [2.45, 2.75) is 18.4 Å². The molecular formula is C22H29ClFN3O2. The standard InChI is InChI=1S/C15H21FN2O2.C7H8ClN/c1-20-13-4-2-12(3-5-13)14-10-18(9-7-16)8-6-15(14)17-11-19;1-9-7-4-2-6(8)3-5-7/h2-5,11,14-15H,6-10H2,1H3,(H,17,19);2-5,9H,1H3. The van der Waals surface area contributed by atoms with Gasteiger partial charge in [0.2, 0.25) is 6.41 Å². The maximum absolute atomic E-state index is 12.5. The lowest BCUT2D eigenvalue weighted by Crippen LogP contribution is -2.48. The van der Waals surface area contributed by atoms with Crippen molar-refractivity contribution in [2.24, 2.45) is 0 Å². The molecule has 2 unspecified atom stereocenters. The molecule has 29 heavy (non-hydrogen) atoms. The molecule has 0 radical (unpaired) electrons. The van der Waals surface area contributed by atoms with Crippen molar-refractivity contribution in [3.63, 3.8) is 0 Å². The Bertz CT molecular complexity index is 728. The van der Waals surface area contributed by atoms with Gasteiger partial charge in [0, 0.05) is 49.4 Å². The number of carbonyl (C=O) groups excluding carboxylic acids is 1. The van der Waals surface area contributed by atoms with Crippen LogP contribution in [0, 0.1) is 0 Å². The van der Waals surface area contributed by atoms with Crippen LogP contribution < -0.4 is 15.4 Å². The fourth-order valence-corrected chi connectivity index (χ4v) is 3.56. The lowest BCUT2D eigenvalue weighted by Gasteiger charge is -2.38. The van der Waals surface area contributed by atoms with Gasteiger partial charge < -0.3 is 15.4 Å². The highest BCUT2D eigenvalue weighted by atomic mass is 35.5. The third-order valence-corrected chi connectivity index (χ3v) is 5.31. The number of nitrogens with one attached hydrogen (secondary N) is 2. The van der Waals surface area contributed by atoms with Crippen LogP contribution in [0.2, 0.25) is 5.02 Å². The van der Waals surface area contributed by atoms with Gasteiger partial charge in [-0.15, -0.1) is 0 Å².